The summed E-state index contributed by atoms with van der Waals surface area (Å²) in [7, 11) is 0. The van der Waals surface area contributed by atoms with Crippen molar-refractivity contribution in [1.29, 1.82) is 0 Å². The number of H-pyrrole nitrogens is 1. The van der Waals surface area contributed by atoms with Gasteiger partial charge in [-0.2, -0.15) is 0 Å². The first-order valence-electron chi connectivity index (χ1n) is 6.99. The van der Waals surface area contributed by atoms with E-state index in [1.54, 1.807) is 0 Å². The van der Waals surface area contributed by atoms with Crippen LogP contribution in [0.5, 0.6) is 0 Å². The molecule has 2 N–H and O–H groups in total. The second-order valence-corrected chi connectivity index (χ2v) is 5.62. The molecule has 1 unspecified atom stereocenters. The maximum Gasteiger partial charge on any atom is 0.222 e. The van der Waals surface area contributed by atoms with Gasteiger partial charge in [-0.3, -0.25) is 4.79 Å². The molecule has 1 aromatic heterocycles. The summed E-state index contributed by atoms with van der Waals surface area (Å²) in [4.78, 5) is 15.0. The number of aromatic nitrogens is 2. The summed E-state index contributed by atoms with van der Waals surface area (Å²) < 4.78 is 2.66. The Morgan fingerprint density at radius 2 is 2.25 bits per heavy atom. The Hall–Kier alpha value is -1.62. The molecular weight excluding hydrogens is 270 g/mol. The number of rotatable bonds is 5. The van der Waals surface area contributed by atoms with Gasteiger partial charge in [0.15, 0.2) is 4.77 Å². The number of hydrogen-bond acceptors (Lipinski definition) is 2. The minimum Gasteiger partial charge on any atom is -0.354 e. The Morgan fingerprint density at radius 1 is 1.50 bits per heavy atom. The first-order valence-corrected chi connectivity index (χ1v) is 7.40. The van der Waals surface area contributed by atoms with E-state index in [0.717, 1.165) is 17.5 Å². The lowest BCUT2D eigenvalue weighted by Gasteiger charge is -2.11. The fraction of sp³-hybridized carbons (Fsp3) is 0.467. The van der Waals surface area contributed by atoms with Crippen molar-refractivity contribution in [3.05, 3.63) is 28.5 Å². The summed E-state index contributed by atoms with van der Waals surface area (Å²) >= 11 is 5.33. The molecule has 2 aromatic rings. The van der Waals surface area contributed by atoms with Crippen molar-refractivity contribution >= 4 is 29.2 Å². The van der Waals surface area contributed by atoms with E-state index in [4.69, 9.17) is 12.2 Å². The van der Waals surface area contributed by atoms with Crippen molar-refractivity contribution in [2.45, 2.75) is 46.2 Å². The molecule has 0 saturated heterocycles. The third-order valence-corrected chi connectivity index (χ3v) is 3.84. The zero-order chi connectivity index (χ0) is 14.7. The standard InChI is InChI=1S/C15H21N3OS/c1-4-11(3)16-14(19)7-8-18-13-9-10(2)5-6-12(13)17-15(18)20/h5-6,9,11H,4,7-8H2,1-3H3,(H,16,19)(H,17,20). The monoisotopic (exact) mass is 291 g/mol. The molecule has 0 saturated carbocycles. The molecule has 20 heavy (non-hydrogen) atoms. The van der Waals surface area contributed by atoms with Crippen LogP contribution in [0, 0.1) is 11.7 Å². The van der Waals surface area contributed by atoms with E-state index in [9.17, 15) is 4.79 Å². The molecule has 0 radical (unpaired) electrons. The van der Waals surface area contributed by atoms with Crippen LogP contribution in [0.25, 0.3) is 11.0 Å². The lowest BCUT2D eigenvalue weighted by atomic mass is 10.2. The van der Waals surface area contributed by atoms with Crippen LogP contribution in [0.4, 0.5) is 0 Å². The minimum atomic E-state index is 0.0725. The van der Waals surface area contributed by atoms with Crippen LogP contribution in [0.1, 0.15) is 32.3 Å². The molecule has 0 aliphatic heterocycles. The number of benzene rings is 1. The fourth-order valence-corrected chi connectivity index (χ4v) is 2.45. The zero-order valence-electron chi connectivity index (χ0n) is 12.2. The van der Waals surface area contributed by atoms with Gasteiger partial charge < -0.3 is 14.9 Å². The van der Waals surface area contributed by atoms with Gasteiger partial charge in [-0.05, 0) is 50.2 Å². The Kier molecular flexibility index (Phi) is 4.60. The average Bonchev–Trinajstić information content (AvgIpc) is 2.71. The highest BCUT2D eigenvalue weighted by atomic mass is 32.1. The van der Waals surface area contributed by atoms with E-state index in [1.165, 1.54) is 5.56 Å². The lowest BCUT2D eigenvalue weighted by molar-refractivity contribution is -0.121. The van der Waals surface area contributed by atoms with Crippen LogP contribution in [0.15, 0.2) is 18.2 Å². The van der Waals surface area contributed by atoms with Crippen molar-refractivity contribution < 1.29 is 4.79 Å². The number of imidazole rings is 1. The molecule has 1 atom stereocenters. The molecule has 108 valence electrons. The number of carbonyl (C=O) groups excluding carboxylic acids is 1. The van der Waals surface area contributed by atoms with Crippen molar-refractivity contribution in [1.82, 2.24) is 14.9 Å². The van der Waals surface area contributed by atoms with E-state index in [2.05, 4.69) is 30.2 Å². The van der Waals surface area contributed by atoms with E-state index in [-0.39, 0.29) is 11.9 Å². The summed E-state index contributed by atoms with van der Waals surface area (Å²) in [5.74, 6) is 0.0725. The topological polar surface area (TPSA) is 49.8 Å². The number of amides is 1. The SMILES string of the molecule is CCC(C)NC(=O)CCn1c(=S)[nH]c2ccc(C)cc21. The van der Waals surface area contributed by atoms with Crippen LogP contribution in [0.2, 0.25) is 0 Å². The van der Waals surface area contributed by atoms with Crippen LogP contribution >= 0.6 is 12.2 Å². The average molecular weight is 291 g/mol. The molecule has 5 heteroatoms. The summed E-state index contributed by atoms with van der Waals surface area (Å²) in [6.45, 7) is 6.72. The summed E-state index contributed by atoms with van der Waals surface area (Å²) in [5.41, 5.74) is 3.26. The van der Waals surface area contributed by atoms with E-state index in [1.807, 2.05) is 23.6 Å². The first kappa shape index (κ1) is 14.8. The number of hydrogen-bond donors (Lipinski definition) is 2. The quantitative estimate of drug-likeness (QED) is 0.830. The van der Waals surface area contributed by atoms with Crippen molar-refractivity contribution in [2.24, 2.45) is 0 Å². The summed E-state index contributed by atoms with van der Waals surface area (Å²) in [5, 5.41) is 2.97. The van der Waals surface area contributed by atoms with Crippen molar-refractivity contribution in [3.8, 4) is 0 Å². The van der Waals surface area contributed by atoms with Gasteiger partial charge in [0.1, 0.15) is 0 Å². The maximum atomic E-state index is 11.9. The predicted octanol–water partition coefficient (Wildman–Crippen LogP) is 3.31. The highest BCUT2D eigenvalue weighted by molar-refractivity contribution is 7.71. The van der Waals surface area contributed by atoms with Gasteiger partial charge in [-0.1, -0.05) is 13.0 Å². The molecular formula is C15H21N3OS. The fourth-order valence-electron chi connectivity index (χ4n) is 2.15. The van der Waals surface area contributed by atoms with E-state index in [0.29, 0.717) is 17.7 Å². The number of nitrogens with one attached hydrogen (secondary N) is 2. The normalized spacial score (nSPS) is 12.6. The first-order chi connectivity index (χ1) is 9.51. The minimum absolute atomic E-state index is 0.0725. The van der Waals surface area contributed by atoms with Crippen LogP contribution < -0.4 is 5.32 Å². The largest absolute Gasteiger partial charge is 0.354 e. The molecule has 1 aromatic carbocycles. The van der Waals surface area contributed by atoms with Gasteiger partial charge in [-0.15, -0.1) is 0 Å². The Morgan fingerprint density at radius 3 is 2.95 bits per heavy atom. The summed E-state index contributed by atoms with van der Waals surface area (Å²) in [6.07, 6.45) is 1.39. The van der Waals surface area contributed by atoms with E-state index >= 15 is 0 Å². The Balaban J connectivity index is 2.14. The second-order valence-electron chi connectivity index (χ2n) is 5.23. The van der Waals surface area contributed by atoms with E-state index < -0.39 is 0 Å². The number of carbonyl (C=O) groups is 1. The molecule has 0 spiro atoms. The molecule has 0 aliphatic carbocycles. The molecule has 0 aliphatic rings. The molecule has 0 fully saturated rings. The van der Waals surface area contributed by atoms with Crippen LogP contribution in [-0.4, -0.2) is 21.5 Å². The predicted molar refractivity (Wildman–Crippen MR) is 84.4 cm³/mol. The highest BCUT2D eigenvalue weighted by Crippen LogP contribution is 2.16. The van der Waals surface area contributed by atoms with Gasteiger partial charge in [0, 0.05) is 19.0 Å². The highest BCUT2D eigenvalue weighted by Gasteiger charge is 2.09. The molecule has 1 heterocycles. The molecule has 2 rings (SSSR count). The Bertz CT molecular complexity index is 671. The second kappa shape index (κ2) is 6.22. The van der Waals surface area contributed by atoms with Crippen molar-refractivity contribution in [3.63, 3.8) is 0 Å². The number of nitrogens with zero attached hydrogens (tertiary/aromatic N) is 1. The number of aromatic amines is 1. The van der Waals surface area contributed by atoms with Crippen LogP contribution in [0.3, 0.4) is 0 Å². The van der Waals surface area contributed by atoms with Gasteiger partial charge in [0.2, 0.25) is 5.91 Å². The van der Waals surface area contributed by atoms with Crippen molar-refractivity contribution in [2.75, 3.05) is 0 Å². The molecule has 0 bridgehead atoms. The van der Waals surface area contributed by atoms with Gasteiger partial charge in [0.05, 0.1) is 11.0 Å². The van der Waals surface area contributed by atoms with Gasteiger partial charge in [0.25, 0.3) is 0 Å². The number of aryl methyl sites for hydroxylation is 2. The molecule has 1 amide bonds. The molecule has 4 nitrogen and oxygen atoms in total. The third kappa shape index (κ3) is 3.28. The van der Waals surface area contributed by atoms with Gasteiger partial charge in [-0.25, -0.2) is 0 Å². The van der Waals surface area contributed by atoms with Crippen LogP contribution in [-0.2, 0) is 11.3 Å². The van der Waals surface area contributed by atoms with Gasteiger partial charge >= 0.3 is 0 Å². The smallest absolute Gasteiger partial charge is 0.222 e. The lowest BCUT2D eigenvalue weighted by Crippen LogP contribution is -2.32. The Labute approximate surface area is 124 Å². The summed E-state index contributed by atoms with van der Waals surface area (Å²) in [6, 6.07) is 6.39. The number of fused-ring (bicyclic) bond motifs is 1. The third-order valence-electron chi connectivity index (χ3n) is 3.51. The maximum absolute atomic E-state index is 11.9. The zero-order valence-corrected chi connectivity index (χ0v) is 13.0.